The van der Waals surface area contributed by atoms with Crippen LogP contribution in [-0.2, 0) is 24.3 Å². The molecule has 0 aromatic heterocycles. The van der Waals surface area contributed by atoms with Crippen LogP contribution in [0.2, 0.25) is 0 Å². The molecule has 1 heterocycles. The van der Waals surface area contributed by atoms with Gasteiger partial charge >= 0.3 is 5.97 Å². The molecule has 0 aromatic rings. The fourth-order valence-corrected chi connectivity index (χ4v) is 2.91. The highest BCUT2D eigenvalue weighted by Gasteiger charge is 2.36. The minimum atomic E-state index is -3.48. The number of sulfonamides is 1. The molecule has 7 nitrogen and oxygen atoms in total. The third-order valence-corrected chi connectivity index (χ3v) is 3.98. The number of nitrogens with one attached hydrogen (secondary N) is 1. The molecule has 0 aliphatic carbocycles. The Balaban J connectivity index is 2.49. The Hall–Kier alpha value is -0.700. The molecule has 0 amide bonds. The Labute approximate surface area is 100 Å². The van der Waals surface area contributed by atoms with Gasteiger partial charge in [-0.1, -0.05) is 0 Å². The van der Waals surface area contributed by atoms with E-state index in [2.05, 4.69) is 4.72 Å². The first-order chi connectivity index (χ1) is 7.96. The van der Waals surface area contributed by atoms with E-state index >= 15 is 0 Å². The zero-order valence-corrected chi connectivity index (χ0v) is 10.4. The van der Waals surface area contributed by atoms with Crippen LogP contribution in [0.15, 0.2) is 0 Å². The second-order valence-corrected chi connectivity index (χ2v) is 5.75. The fraction of sp³-hybridized carbons (Fsp3) is 0.889. The predicted octanol–water partition coefficient (Wildman–Crippen LogP) is -0.958. The molecule has 0 radical (unpaired) electrons. The van der Waals surface area contributed by atoms with Gasteiger partial charge < -0.3 is 14.6 Å². The van der Waals surface area contributed by atoms with Gasteiger partial charge in [0.25, 0.3) is 0 Å². The van der Waals surface area contributed by atoms with Crippen LogP contribution in [-0.4, -0.2) is 58.2 Å². The smallest absolute Gasteiger partial charge is 0.310 e. The Morgan fingerprint density at radius 1 is 1.53 bits per heavy atom. The molecule has 100 valence electrons. The summed E-state index contributed by atoms with van der Waals surface area (Å²) in [7, 11) is -1.99. The van der Waals surface area contributed by atoms with E-state index in [1.807, 2.05) is 0 Å². The highest BCUT2D eigenvalue weighted by molar-refractivity contribution is 7.89. The summed E-state index contributed by atoms with van der Waals surface area (Å²) in [4.78, 5) is 10.8. The third kappa shape index (κ3) is 4.58. The van der Waals surface area contributed by atoms with Gasteiger partial charge in [-0.15, -0.1) is 0 Å². The van der Waals surface area contributed by atoms with Gasteiger partial charge in [-0.25, -0.2) is 13.1 Å². The first-order valence-corrected chi connectivity index (χ1v) is 6.91. The van der Waals surface area contributed by atoms with Crippen LogP contribution in [0.25, 0.3) is 0 Å². The van der Waals surface area contributed by atoms with Gasteiger partial charge in [0.05, 0.1) is 30.9 Å². The number of aliphatic carboxylic acids is 1. The van der Waals surface area contributed by atoms with Crippen LogP contribution in [0.4, 0.5) is 0 Å². The zero-order valence-electron chi connectivity index (χ0n) is 9.59. The molecule has 2 atom stereocenters. The van der Waals surface area contributed by atoms with Crippen LogP contribution in [0.3, 0.4) is 0 Å². The molecule has 0 aromatic carbocycles. The van der Waals surface area contributed by atoms with Crippen molar-refractivity contribution in [2.24, 2.45) is 5.92 Å². The normalized spacial score (nSPS) is 25.0. The molecule has 1 saturated heterocycles. The predicted molar refractivity (Wildman–Crippen MR) is 59.1 cm³/mol. The lowest BCUT2D eigenvalue weighted by molar-refractivity contribution is -0.142. The topological polar surface area (TPSA) is 102 Å². The molecule has 2 N–H and O–H groups in total. The Kier molecular flexibility index (Phi) is 5.31. The fourth-order valence-electron chi connectivity index (χ4n) is 1.60. The van der Waals surface area contributed by atoms with E-state index in [4.69, 9.17) is 14.6 Å². The lowest BCUT2D eigenvalue weighted by Gasteiger charge is -2.15. The first kappa shape index (κ1) is 14.4. The molecular weight excluding hydrogens is 250 g/mol. The van der Waals surface area contributed by atoms with E-state index in [1.54, 1.807) is 0 Å². The number of carboxylic acids is 1. The van der Waals surface area contributed by atoms with Crippen molar-refractivity contribution >= 4 is 16.0 Å². The summed E-state index contributed by atoms with van der Waals surface area (Å²) in [6, 6.07) is -0.681. The molecular formula is C9H17NO6S. The molecule has 1 aliphatic rings. The van der Waals surface area contributed by atoms with E-state index in [9.17, 15) is 13.2 Å². The quantitative estimate of drug-likeness (QED) is 0.576. The Morgan fingerprint density at radius 3 is 2.82 bits per heavy atom. The van der Waals surface area contributed by atoms with Gasteiger partial charge in [0.1, 0.15) is 0 Å². The van der Waals surface area contributed by atoms with Crippen LogP contribution < -0.4 is 4.72 Å². The first-order valence-electron chi connectivity index (χ1n) is 5.26. The number of methoxy groups -OCH3 is 1. The number of carboxylic acid groups (broad SMARTS) is 1. The minimum Gasteiger partial charge on any atom is -0.481 e. The zero-order chi connectivity index (χ0) is 12.9. The van der Waals surface area contributed by atoms with E-state index in [0.29, 0.717) is 13.0 Å². The lowest BCUT2D eigenvalue weighted by Crippen LogP contribution is -2.43. The largest absolute Gasteiger partial charge is 0.481 e. The summed E-state index contributed by atoms with van der Waals surface area (Å²) >= 11 is 0. The SMILES string of the molecule is COCCCS(=O)(=O)NC1COCC1C(=O)O. The summed E-state index contributed by atoms with van der Waals surface area (Å²) in [5.74, 6) is -1.94. The van der Waals surface area contributed by atoms with Crippen LogP contribution >= 0.6 is 0 Å². The van der Waals surface area contributed by atoms with Crippen molar-refractivity contribution in [1.29, 1.82) is 0 Å². The standard InChI is InChI=1S/C9H17NO6S/c1-15-3-2-4-17(13,14)10-8-6-16-5-7(8)9(11)12/h7-8,10H,2-6H2,1H3,(H,11,12). The molecule has 0 saturated carbocycles. The van der Waals surface area contributed by atoms with Gasteiger partial charge in [0.15, 0.2) is 0 Å². The van der Waals surface area contributed by atoms with Crippen molar-refractivity contribution in [3.63, 3.8) is 0 Å². The third-order valence-electron chi connectivity index (χ3n) is 2.49. The molecule has 0 bridgehead atoms. The second kappa shape index (κ2) is 6.29. The van der Waals surface area contributed by atoms with Gasteiger partial charge in [-0.2, -0.15) is 0 Å². The lowest BCUT2D eigenvalue weighted by atomic mass is 10.1. The summed E-state index contributed by atoms with van der Waals surface area (Å²) in [6.07, 6.45) is 0.372. The average Bonchev–Trinajstić information content (AvgIpc) is 2.65. The second-order valence-electron chi connectivity index (χ2n) is 3.87. The maximum Gasteiger partial charge on any atom is 0.310 e. The van der Waals surface area contributed by atoms with E-state index < -0.39 is 28.0 Å². The van der Waals surface area contributed by atoms with Crippen LogP contribution in [0.5, 0.6) is 0 Å². The Morgan fingerprint density at radius 2 is 2.24 bits per heavy atom. The van der Waals surface area contributed by atoms with Gasteiger partial charge in [-0.3, -0.25) is 4.79 Å². The molecule has 17 heavy (non-hydrogen) atoms. The molecule has 8 heteroatoms. The number of ether oxygens (including phenoxy) is 2. The maximum atomic E-state index is 11.6. The van der Waals surface area contributed by atoms with E-state index in [-0.39, 0.29) is 19.0 Å². The van der Waals surface area contributed by atoms with Crippen molar-refractivity contribution in [3.8, 4) is 0 Å². The molecule has 1 fully saturated rings. The van der Waals surface area contributed by atoms with Crippen molar-refractivity contribution < 1.29 is 27.8 Å². The van der Waals surface area contributed by atoms with Crippen molar-refractivity contribution in [3.05, 3.63) is 0 Å². The minimum absolute atomic E-state index is 0.0423. The molecule has 2 unspecified atom stereocenters. The van der Waals surface area contributed by atoms with Gasteiger partial charge in [0.2, 0.25) is 10.0 Å². The number of hydrogen-bond acceptors (Lipinski definition) is 5. The van der Waals surface area contributed by atoms with Crippen LogP contribution in [0, 0.1) is 5.92 Å². The summed E-state index contributed by atoms with van der Waals surface area (Å²) < 4.78 is 35.3. The molecule has 1 aliphatic heterocycles. The summed E-state index contributed by atoms with van der Waals surface area (Å²) in [6.45, 7) is 0.492. The molecule has 0 spiro atoms. The average molecular weight is 267 g/mol. The van der Waals surface area contributed by atoms with Crippen molar-refractivity contribution in [1.82, 2.24) is 4.72 Å². The summed E-state index contributed by atoms with van der Waals surface area (Å²) in [5, 5.41) is 8.86. The number of carbonyl (C=O) groups is 1. The van der Waals surface area contributed by atoms with Gasteiger partial charge in [0, 0.05) is 13.7 Å². The van der Waals surface area contributed by atoms with E-state index in [1.165, 1.54) is 7.11 Å². The van der Waals surface area contributed by atoms with Crippen LogP contribution in [0.1, 0.15) is 6.42 Å². The van der Waals surface area contributed by atoms with Gasteiger partial charge in [-0.05, 0) is 6.42 Å². The van der Waals surface area contributed by atoms with Crippen molar-refractivity contribution in [2.45, 2.75) is 12.5 Å². The highest BCUT2D eigenvalue weighted by atomic mass is 32.2. The highest BCUT2D eigenvalue weighted by Crippen LogP contribution is 2.14. The monoisotopic (exact) mass is 267 g/mol. The number of rotatable bonds is 7. The van der Waals surface area contributed by atoms with E-state index in [0.717, 1.165) is 0 Å². The number of hydrogen-bond donors (Lipinski definition) is 2. The molecule has 1 rings (SSSR count). The Bertz CT molecular complexity index is 354. The summed E-state index contributed by atoms with van der Waals surface area (Å²) in [5.41, 5.74) is 0. The van der Waals surface area contributed by atoms with Crippen molar-refractivity contribution in [2.75, 3.05) is 32.7 Å². The maximum absolute atomic E-state index is 11.6.